The van der Waals surface area contributed by atoms with Gasteiger partial charge in [-0.2, -0.15) is 0 Å². The molecule has 0 radical (unpaired) electrons. The van der Waals surface area contributed by atoms with Gasteiger partial charge in [-0.05, 0) is 41.3 Å². The van der Waals surface area contributed by atoms with Gasteiger partial charge in [0.1, 0.15) is 5.75 Å². The van der Waals surface area contributed by atoms with Crippen LogP contribution in [0.3, 0.4) is 0 Å². The fourth-order valence-corrected chi connectivity index (χ4v) is 3.77. The normalized spacial score (nSPS) is 15.1. The monoisotopic (exact) mass is 365 g/mol. The van der Waals surface area contributed by atoms with E-state index in [1.165, 1.54) is 11.1 Å². The molecular weight excluding hydrogens is 342 g/mol. The average molecular weight is 365 g/mol. The van der Waals surface area contributed by atoms with Crippen molar-refractivity contribution < 1.29 is 14.3 Å². The maximum Gasteiger partial charge on any atom is 0.312 e. The molecule has 140 valence electrons. The molecule has 0 unspecified atom stereocenters. The van der Waals surface area contributed by atoms with Crippen LogP contribution >= 0.6 is 0 Å². The van der Waals surface area contributed by atoms with Gasteiger partial charge < -0.3 is 20.3 Å². The Labute approximate surface area is 158 Å². The summed E-state index contributed by atoms with van der Waals surface area (Å²) in [4.78, 5) is 26.4. The van der Waals surface area contributed by atoms with Crippen molar-refractivity contribution in [2.75, 3.05) is 13.7 Å². The van der Waals surface area contributed by atoms with Crippen LogP contribution in [0.2, 0.25) is 0 Å². The number of amides is 2. The van der Waals surface area contributed by atoms with Crippen LogP contribution in [-0.4, -0.2) is 30.4 Å². The molecule has 0 spiro atoms. The van der Waals surface area contributed by atoms with E-state index in [-0.39, 0.29) is 0 Å². The van der Waals surface area contributed by atoms with Crippen LogP contribution in [0.15, 0.2) is 36.4 Å². The summed E-state index contributed by atoms with van der Waals surface area (Å²) in [7, 11) is 1.61. The Bertz CT molecular complexity index is 894. The summed E-state index contributed by atoms with van der Waals surface area (Å²) >= 11 is 0. The molecule has 4 rings (SSSR count). The number of carbonyl (C=O) groups is 2. The Morgan fingerprint density at radius 2 is 2.04 bits per heavy atom. The summed E-state index contributed by atoms with van der Waals surface area (Å²) in [5, 5.41) is 6.10. The van der Waals surface area contributed by atoms with E-state index in [0.717, 1.165) is 42.0 Å². The van der Waals surface area contributed by atoms with Crippen molar-refractivity contribution in [3.05, 3.63) is 64.2 Å². The van der Waals surface area contributed by atoms with E-state index in [1.807, 2.05) is 24.3 Å². The van der Waals surface area contributed by atoms with Crippen molar-refractivity contribution in [2.24, 2.45) is 0 Å². The van der Waals surface area contributed by atoms with Gasteiger partial charge in [-0.3, -0.25) is 9.59 Å². The first-order valence-corrected chi connectivity index (χ1v) is 9.19. The van der Waals surface area contributed by atoms with Gasteiger partial charge in [0.15, 0.2) is 0 Å². The SMILES string of the molecule is COc1cccc2c1CN(C(=O)C(=O)NCc1ccc3c(c1)CCNC3)C2. The molecule has 2 aromatic rings. The number of methoxy groups -OCH3 is 1. The van der Waals surface area contributed by atoms with E-state index in [1.54, 1.807) is 12.0 Å². The van der Waals surface area contributed by atoms with Gasteiger partial charge in [0.05, 0.1) is 13.7 Å². The quantitative estimate of drug-likeness (QED) is 0.809. The van der Waals surface area contributed by atoms with Crippen molar-refractivity contribution in [3.8, 4) is 5.75 Å². The number of nitrogens with zero attached hydrogens (tertiary/aromatic N) is 1. The van der Waals surface area contributed by atoms with Crippen molar-refractivity contribution in [3.63, 3.8) is 0 Å². The van der Waals surface area contributed by atoms with Crippen LogP contribution in [-0.2, 0) is 42.2 Å². The Hall–Kier alpha value is -2.86. The zero-order valence-corrected chi connectivity index (χ0v) is 15.4. The molecule has 6 heteroatoms. The van der Waals surface area contributed by atoms with Gasteiger partial charge in [0.2, 0.25) is 0 Å². The Kier molecular flexibility index (Phi) is 4.81. The van der Waals surface area contributed by atoms with Crippen molar-refractivity contribution in [1.29, 1.82) is 0 Å². The smallest absolute Gasteiger partial charge is 0.312 e. The maximum atomic E-state index is 12.5. The highest BCUT2D eigenvalue weighted by molar-refractivity contribution is 6.35. The van der Waals surface area contributed by atoms with Gasteiger partial charge in [0.25, 0.3) is 0 Å². The van der Waals surface area contributed by atoms with E-state index in [4.69, 9.17) is 4.74 Å². The number of nitrogens with one attached hydrogen (secondary N) is 2. The zero-order chi connectivity index (χ0) is 18.8. The van der Waals surface area contributed by atoms with Crippen molar-refractivity contribution in [1.82, 2.24) is 15.5 Å². The van der Waals surface area contributed by atoms with Crippen LogP contribution in [0, 0.1) is 0 Å². The van der Waals surface area contributed by atoms with E-state index in [9.17, 15) is 9.59 Å². The number of hydrogen-bond acceptors (Lipinski definition) is 4. The standard InChI is InChI=1S/C21H23N3O3/c1-27-19-4-2-3-17-12-24(13-18(17)19)21(26)20(25)23-10-14-5-6-16-11-22-8-7-15(16)9-14/h2-6,9,22H,7-8,10-13H2,1H3,(H,23,25). The van der Waals surface area contributed by atoms with Crippen LogP contribution < -0.4 is 15.4 Å². The first kappa shape index (κ1) is 17.5. The van der Waals surface area contributed by atoms with Crippen LogP contribution in [0.1, 0.15) is 27.8 Å². The lowest BCUT2D eigenvalue weighted by Gasteiger charge is -2.18. The average Bonchev–Trinajstić information content (AvgIpc) is 3.15. The lowest BCUT2D eigenvalue weighted by atomic mass is 9.98. The lowest BCUT2D eigenvalue weighted by molar-refractivity contribution is -0.146. The molecular formula is C21H23N3O3. The molecule has 0 bridgehead atoms. The molecule has 2 aliphatic rings. The molecule has 0 aliphatic carbocycles. The van der Waals surface area contributed by atoms with E-state index >= 15 is 0 Å². The van der Waals surface area contributed by atoms with Gasteiger partial charge in [-0.25, -0.2) is 0 Å². The van der Waals surface area contributed by atoms with E-state index in [2.05, 4.69) is 22.8 Å². The third-order valence-electron chi connectivity index (χ3n) is 5.25. The summed E-state index contributed by atoms with van der Waals surface area (Å²) in [5.74, 6) is -0.316. The molecule has 2 N–H and O–H groups in total. The molecule has 2 amide bonds. The molecule has 0 aromatic heterocycles. The highest BCUT2D eigenvalue weighted by Gasteiger charge is 2.29. The van der Waals surface area contributed by atoms with E-state index < -0.39 is 11.8 Å². The highest BCUT2D eigenvalue weighted by atomic mass is 16.5. The van der Waals surface area contributed by atoms with Gasteiger partial charge in [-0.1, -0.05) is 30.3 Å². The Balaban J connectivity index is 1.37. The number of rotatable bonds is 3. The number of hydrogen-bond donors (Lipinski definition) is 2. The molecule has 27 heavy (non-hydrogen) atoms. The predicted octanol–water partition coefficient (Wildman–Crippen LogP) is 1.50. The van der Waals surface area contributed by atoms with Crippen molar-refractivity contribution in [2.45, 2.75) is 32.6 Å². The second kappa shape index (κ2) is 7.40. The minimum atomic E-state index is -0.568. The lowest BCUT2D eigenvalue weighted by Crippen LogP contribution is -2.40. The second-order valence-corrected chi connectivity index (χ2v) is 6.97. The largest absolute Gasteiger partial charge is 0.496 e. The van der Waals surface area contributed by atoms with Crippen LogP contribution in [0.4, 0.5) is 0 Å². The van der Waals surface area contributed by atoms with Gasteiger partial charge >= 0.3 is 11.8 Å². The predicted molar refractivity (Wildman–Crippen MR) is 101 cm³/mol. The van der Waals surface area contributed by atoms with Gasteiger partial charge in [0, 0.05) is 25.2 Å². The maximum absolute atomic E-state index is 12.5. The van der Waals surface area contributed by atoms with Crippen LogP contribution in [0.25, 0.3) is 0 Å². The number of carbonyl (C=O) groups excluding carboxylic acids is 2. The Morgan fingerprint density at radius 3 is 2.89 bits per heavy atom. The third-order valence-corrected chi connectivity index (χ3v) is 5.25. The highest BCUT2D eigenvalue weighted by Crippen LogP contribution is 2.30. The zero-order valence-electron chi connectivity index (χ0n) is 15.4. The molecule has 2 heterocycles. The molecule has 0 saturated heterocycles. The third kappa shape index (κ3) is 3.53. The number of ether oxygens (including phenoxy) is 1. The Morgan fingerprint density at radius 1 is 1.15 bits per heavy atom. The van der Waals surface area contributed by atoms with Crippen molar-refractivity contribution >= 4 is 11.8 Å². The summed E-state index contributed by atoms with van der Waals surface area (Å²) in [6.07, 6.45) is 0.990. The fraction of sp³-hybridized carbons (Fsp3) is 0.333. The van der Waals surface area contributed by atoms with Crippen LogP contribution in [0.5, 0.6) is 5.75 Å². The summed E-state index contributed by atoms with van der Waals surface area (Å²) < 4.78 is 5.35. The second-order valence-electron chi connectivity index (χ2n) is 6.97. The topological polar surface area (TPSA) is 70.7 Å². The number of fused-ring (bicyclic) bond motifs is 2. The first-order chi connectivity index (χ1) is 13.2. The summed E-state index contributed by atoms with van der Waals surface area (Å²) in [5.41, 5.74) is 5.64. The fourth-order valence-electron chi connectivity index (χ4n) is 3.77. The molecule has 0 fully saturated rings. The first-order valence-electron chi connectivity index (χ1n) is 9.19. The minimum absolute atomic E-state index is 0.357. The summed E-state index contributed by atoms with van der Waals surface area (Å²) in [6, 6.07) is 12.0. The molecule has 0 saturated carbocycles. The minimum Gasteiger partial charge on any atom is -0.496 e. The summed E-state index contributed by atoms with van der Waals surface area (Å²) in [6.45, 7) is 3.05. The molecule has 2 aliphatic heterocycles. The molecule has 2 aromatic carbocycles. The van der Waals surface area contributed by atoms with E-state index in [0.29, 0.717) is 19.6 Å². The molecule has 0 atom stereocenters. The number of benzene rings is 2. The molecule has 6 nitrogen and oxygen atoms in total. The van der Waals surface area contributed by atoms with Gasteiger partial charge in [-0.15, -0.1) is 0 Å².